The molecule has 3 atom stereocenters. The van der Waals surface area contributed by atoms with E-state index in [1.165, 1.54) is 12.1 Å². The number of nitrogens with one attached hydrogen (secondary N) is 3. The molecule has 3 heterocycles. The lowest BCUT2D eigenvalue weighted by Crippen LogP contribution is -2.28. The van der Waals surface area contributed by atoms with E-state index in [1.54, 1.807) is 12.3 Å². The average Bonchev–Trinajstić information content (AvgIpc) is 3.33. The van der Waals surface area contributed by atoms with Gasteiger partial charge in [-0.1, -0.05) is 0 Å². The summed E-state index contributed by atoms with van der Waals surface area (Å²) in [6.07, 6.45) is 2.61. The number of halogens is 2. The maximum Gasteiger partial charge on any atom is 0.225 e. The van der Waals surface area contributed by atoms with Crippen LogP contribution in [-0.4, -0.2) is 29.7 Å². The summed E-state index contributed by atoms with van der Waals surface area (Å²) in [5.41, 5.74) is 2.18. The van der Waals surface area contributed by atoms with Gasteiger partial charge in [0.05, 0.1) is 18.4 Å². The number of rotatable bonds is 6. The van der Waals surface area contributed by atoms with E-state index in [1.807, 2.05) is 18.2 Å². The average molecular weight is 450 g/mol. The topological polar surface area (TPSA) is 84.5 Å². The first-order valence-corrected chi connectivity index (χ1v) is 10.8. The number of hydrogen-bond donors (Lipinski definition) is 3. The second kappa shape index (κ2) is 7.70. The third-order valence-corrected chi connectivity index (χ3v) is 6.21. The Morgan fingerprint density at radius 1 is 1.15 bits per heavy atom. The van der Waals surface area contributed by atoms with Gasteiger partial charge in [-0.05, 0) is 42.8 Å². The van der Waals surface area contributed by atoms with Crippen LogP contribution < -0.4 is 25.4 Å². The zero-order chi connectivity index (χ0) is 22.5. The van der Waals surface area contributed by atoms with E-state index in [4.69, 9.17) is 9.47 Å². The molecule has 0 saturated heterocycles. The number of carbonyl (C=O) groups is 1. The zero-order valence-electron chi connectivity index (χ0n) is 17.4. The largest absolute Gasteiger partial charge is 0.488 e. The minimum absolute atomic E-state index is 0.0130. The minimum atomic E-state index is -0.631. The summed E-state index contributed by atoms with van der Waals surface area (Å²) in [4.78, 5) is 15.9. The quantitative estimate of drug-likeness (QED) is 0.494. The molecule has 1 aromatic heterocycles. The summed E-state index contributed by atoms with van der Waals surface area (Å²) in [6.45, 7) is 0.323. The van der Waals surface area contributed by atoms with Gasteiger partial charge in [0.15, 0.2) is 0 Å². The van der Waals surface area contributed by atoms with Crippen molar-refractivity contribution in [3.8, 4) is 17.2 Å². The molecule has 1 aliphatic carbocycles. The van der Waals surface area contributed by atoms with Gasteiger partial charge in [0.2, 0.25) is 5.91 Å². The van der Waals surface area contributed by atoms with Crippen molar-refractivity contribution < 1.29 is 23.0 Å². The molecule has 1 saturated carbocycles. The summed E-state index contributed by atoms with van der Waals surface area (Å²) >= 11 is 0. The Balaban J connectivity index is 1.12. The Labute approximate surface area is 188 Å². The number of fused-ring (bicyclic) bond motifs is 4. The van der Waals surface area contributed by atoms with Crippen molar-refractivity contribution in [3.63, 3.8) is 0 Å². The molecule has 9 heteroatoms. The first-order chi connectivity index (χ1) is 16.1. The fourth-order valence-electron chi connectivity index (χ4n) is 4.52. The van der Waals surface area contributed by atoms with Gasteiger partial charge in [-0.25, -0.2) is 13.8 Å². The number of benzene rings is 2. The van der Waals surface area contributed by atoms with E-state index in [0.717, 1.165) is 22.9 Å². The number of anilines is 2. The summed E-state index contributed by atoms with van der Waals surface area (Å²) < 4.78 is 39.0. The monoisotopic (exact) mass is 450 g/mol. The molecule has 3 N–H and O–H groups in total. The third-order valence-electron chi connectivity index (χ3n) is 6.21. The number of carbonyl (C=O) groups excluding carboxylic acids is 1. The molecule has 2 aromatic carbocycles. The maximum absolute atomic E-state index is 13.8. The van der Waals surface area contributed by atoms with E-state index in [-0.39, 0.29) is 29.7 Å². The lowest BCUT2D eigenvalue weighted by Gasteiger charge is -2.19. The predicted octanol–water partition coefficient (Wildman–Crippen LogP) is 3.92. The second-order valence-electron chi connectivity index (χ2n) is 8.30. The molecule has 0 radical (unpaired) electrons. The van der Waals surface area contributed by atoms with Crippen LogP contribution in [0, 0.1) is 11.6 Å². The molecule has 7 nitrogen and oxygen atoms in total. The standard InChI is InChI=1S/C24H20F2N4O3/c25-12-1-4-17(16(26)9-12)28-11-29-22-21-15-10-13(2-5-18(15)33-23(21)22)32-19-7-8-27-24-14(19)3-6-20(31)30-24/h1-2,4-5,7-10,21-23,28-29H,3,6,11H2,(H,27,30,31)/t21-,22-,23-/m0/s1. The Kier molecular flexibility index (Phi) is 4.65. The lowest BCUT2D eigenvalue weighted by atomic mass is 10.1. The van der Waals surface area contributed by atoms with Crippen molar-refractivity contribution >= 4 is 17.4 Å². The van der Waals surface area contributed by atoms with E-state index in [2.05, 4.69) is 20.9 Å². The van der Waals surface area contributed by atoms with Gasteiger partial charge in [0.1, 0.15) is 40.8 Å². The maximum atomic E-state index is 13.8. The Hall–Kier alpha value is -3.72. The fourth-order valence-corrected chi connectivity index (χ4v) is 4.52. The lowest BCUT2D eigenvalue weighted by molar-refractivity contribution is -0.116. The summed E-state index contributed by atoms with van der Waals surface area (Å²) in [6, 6.07) is 11.1. The highest BCUT2D eigenvalue weighted by Crippen LogP contribution is 2.54. The van der Waals surface area contributed by atoms with Gasteiger partial charge < -0.3 is 20.1 Å². The van der Waals surface area contributed by atoms with E-state index < -0.39 is 11.6 Å². The number of nitrogens with zero attached hydrogens (tertiary/aromatic N) is 1. The van der Waals surface area contributed by atoms with Gasteiger partial charge in [0, 0.05) is 35.7 Å². The van der Waals surface area contributed by atoms with Crippen LogP contribution in [0.2, 0.25) is 0 Å². The van der Waals surface area contributed by atoms with Crippen molar-refractivity contribution in [1.82, 2.24) is 10.3 Å². The van der Waals surface area contributed by atoms with Crippen molar-refractivity contribution in [2.45, 2.75) is 30.9 Å². The minimum Gasteiger partial charge on any atom is -0.488 e. The molecular weight excluding hydrogens is 430 g/mol. The first-order valence-electron chi connectivity index (χ1n) is 10.8. The second-order valence-corrected chi connectivity index (χ2v) is 8.30. The summed E-state index contributed by atoms with van der Waals surface area (Å²) in [5.74, 6) is 1.62. The Morgan fingerprint density at radius 2 is 2.06 bits per heavy atom. The smallest absolute Gasteiger partial charge is 0.225 e. The predicted molar refractivity (Wildman–Crippen MR) is 117 cm³/mol. The Bertz CT molecular complexity index is 1270. The van der Waals surface area contributed by atoms with Crippen LogP contribution in [0.1, 0.15) is 23.5 Å². The van der Waals surface area contributed by atoms with Gasteiger partial charge in [-0.2, -0.15) is 0 Å². The van der Waals surface area contributed by atoms with Crippen molar-refractivity contribution in [2.24, 2.45) is 0 Å². The highest BCUT2D eigenvalue weighted by molar-refractivity contribution is 5.93. The van der Waals surface area contributed by atoms with Crippen LogP contribution in [0.5, 0.6) is 17.2 Å². The molecule has 168 valence electrons. The summed E-state index contributed by atoms with van der Waals surface area (Å²) in [7, 11) is 0. The number of pyridine rings is 1. The molecule has 1 fully saturated rings. The Morgan fingerprint density at radius 3 is 2.94 bits per heavy atom. The van der Waals surface area contributed by atoms with E-state index >= 15 is 0 Å². The van der Waals surface area contributed by atoms with Gasteiger partial charge in [-0.15, -0.1) is 0 Å². The number of ether oxygens (including phenoxy) is 2. The molecule has 0 spiro atoms. The zero-order valence-corrected chi connectivity index (χ0v) is 17.4. The normalized spacial score (nSPS) is 21.9. The van der Waals surface area contributed by atoms with Crippen molar-refractivity contribution in [3.05, 3.63) is 71.4 Å². The summed E-state index contributed by atoms with van der Waals surface area (Å²) in [5, 5.41) is 9.03. The molecule has 0 bridgehead atoms. The van der Waals surface area contributed by atoms with Crippen molar-refractivity contribution in [2.75, 3.05) is 17.3 Å². The van der Waals surface area contributed by atoms with Crippen LogP contribution in [0.25, 0.3) is 0 Å². The molecule has 3 aromatic rings. The molecule has 1 amide bonds. The van der Waals surface area contributed by atoms with E-state index in [0.29, 0.717) is 36.8 Å². The van der Waals surface area contributed by atoms with Crippen LogP contribution >= 0.6 is 0 Å². The third kappa shape index (κ3) is 3.64. The SMILES string of the molecule is O=C1CCc2c(Oc3ccc4c(c3)[C@H]3[C@H](NCNc5ccc(F)cc5F)[C@H]3O4)ccnc2N1. The molecule has 33 heavy (non-hydrogen) atoms. The molecule has 0 unspecified atom stereocenters. The fraction of sp³-hybridized carbons (Fsp3) is 0.250. The number of amides is 1. The molecule has 6 rings (SSSR count). The molecular formula is C24H20F2N4O3. The number of hydrogen-bond acceptors (Lipinski definition) is 6. The molecule has 3 aliphatic rings. The van der Waals surface area contributed by atoms with Crippen molar-refractivity contribution in [1.29, 1.82) is 0 Å². The van der Waals surface area contributed by atoms with Crippen LogP contribution in [0.15, 0.2) is 48.7 Å². The van der Waals surface area contributed by atoms with Crippen LogP contribution in [0.4, 0.5) is 20.3 Å². The highest BCUT2D eigenvalue weighted by atomic mass is 19.1. The first kappa shape index (κ1) is 19.9. The van der Waals surface area contributed by atoms with E-state index in [9.17, 15) is 13.6 Å². The number of aromatic nitrogens is 1. The van der Waals surface area contributed by atoms with Gasteiger partial charge in [0.25, 0.3) is 0 Å². The van der Waals surface area contributed by atoms with Gasteiger partial charge in [-0.3, -0.25) is 10.1 Å². The molecule has 2 aliphatic heterocycles. The van der Waals surface area contributed by atoms with Crippen LogP contribution in [-0.2, 0) is 11.2 Å². The van der Waals surface area contributed by atoms with Gasteiger partial charge >= 0.3 is 0 Å². The highest BCUT2D eigenvalue weighted by Gasteiger charge is 2.58. The van der Waals surface area contributed by atoms with Crippen LogP contribution in [0.3, 0.4) is 0 Å².